The summed E-state index contributed by atoms with van der Waals surface area (Å²) in [5.74, 6) is 0. The fourth-order valence-corrected chi connectivity index (χ4v) is 1.62. The molecule has 3 nitrogen and oxygen atoms in total. The van der Waals surface area contributed by atoms with Crippen LogP contribution in [0.2, 0.25) is 0 Å². The highest BCUT2D eigenvalue weighted by molar-refractivity contribution is 5.54. The van der Waals surface area contributed by atoms with Crippen LogP contribution in [0.4, 0.5) is 18.9 Å². The van der Waals surface area contributed by atoms with E-state index in [-0.39, 0.29) is 5.69 Å². The Morgan fingerprint density at radius 1 is 1.22 bits per heavy atom. The van der Waals surface area contributed by atoms with Crippen molar-refractivity contribution < 1.29 is 13.2 Å². The van der Waals surface area contributed by atoms with Gasteiger partial charge in [-0.05, 0) is 37.7 Å². The Bertz CT molecular complexity index is 377. The lowest BCUT2D eigenvalue weighted by atomic mass is 10.1. The molecule has 102 valence electrons. The summed E-state index contributed by atoms with van der Waals surface area (Å²) in [6, 6.07) is 4.29. The molecule has 0 radical (unpaired) electrons. The number of halogens is 3. The van der Waals surface area contributed by atoms with Gasteiger partial charge in [0.1, 0.15) is 0 Å². The van der Waals surface area contributed by atoms with Crippen molar-refractivity contribution in [2.24, 2.45) is 5.73 Å². The molecule has 6 heteroatoms. The van der Waals surface area contributed by atoms with Crippen LogP contribution in [-0.4, -0.2) is 26.7 Å². The van der Waals surface area contributed by atoms with Crippen LogP contribution in [0.15, 0.2) is 18.2 Å². The highest BCUT2D eigenvalue weighted by atomic mass is 19.4. The summed E-state index contributed by atoms with van der Waals surface area (Å²) in [6.45, 7) is 1.38. The van der Waals surface area contributed by atoms with Crippen molar-refractivity contribution in [1.82, 2.24) is 5.32 Å². The van der Waals surface area contributed by atoms with Gasteiger partial charge in [-0.2, -0.15) is 13.2 Å². The third-order valence-electron chi connectivity index (χ3n) is 2.51. The third-order valence-corrected chi connectivity index (χ3v) is 2.51. The molecule has 0 aliphatic heterocycles. The van der Waals surface area contributed by atoms with Gasteiger partial charge in [-0.1, -0.05) is 6.07 Å². The highest BCUT2D eigenvalue weighted by Gasteiger charge is 2.33. The van der Waals surface area contributed by atoms with E-state index in [1.807, 2.05) is 0 Å². The standard InChI is InChI=1S/C12H18F3N3/c1-17-6-7-18-11-3-2-9(4-5-16)8-10(11)12(13,14)15/h2-3,8,17-18H,4-7,16H2,1H3. The normalized spacial score (nSPS) is 11.6. The van der Waals surface area contributed by atoms with Crippen LogP contribution in [-0.2, 0) is 12.6 Å². The molecule has 0 fully saturated rings. The Kier molecular flexibility index (Phi) is 5.43. The number of rotatable bonds is 6. The lowest BCUT2D eigenvalue weighted by Crippen LogP contribution is -2.20. The minimum Gasteiger partial charge on any atom is -0.383 e. The van der Waals surface area contributed by atoms with Gasteiger partial charge in [0.15, 0.2) is 0 Å². The number of anilines is 1. The summed E-state index contributed by atoms with van der Waals surface area (Å²) in [6.07, 6.45) is -3.91. The van der Waals surface area contributed by atoms with E-state index in [0.717, 1.165) is 6.07 Å². The maximum absolute atomic E-state index is 12.9. The maximum atomic E-state index is 12.9. The molecule has 1 aromatic carbocycles. The summed E-state index contributed by atoms with van der Waals surface area (Å²) in [4.78, 5) is 0. The number of nitrogens with one attached hydrogen (secondary N) is 2. The largest absolute Gasteiger partial charge is 0.418 e. The first kappa shape index (κ1) is 14.8. The number of hydrogen-bond donors (Lipinski definition) is 3. The van der Waals surface area contributed by atoms with E-state index in [0.29, 0.717) is 31.6 Å². The van der Waals surface area contributed by atoms with Crippen LogP contribution < -0.4 is 16.4 Å². The predicted octanol–water partition coefficient (Wildman–Crippen LogP) is 1.84. The first-order valence-electron chi connectivity index (χ1n) is 5.77. The highest BCUT2D eigenvalue weighted by Crippen LogP contribution is 2.35. The van der Waals surface area contributed by atoms with Gasteiger partial charge in [0.2, 0.25) is 0 Å². The third kappa shape index (κ3) is 4.19. The molecule has 0 heterocycles. The average molecular weight is 261 g/mol. The first-order chi connectivity index (χ1) is 8.49. The average Bonchev–Trinajstić information content (AvgIpc) is 2.30. The Morgan fingerprint density at radius 2 is 1.94 bits per heavy atom. The Hall–Kier alpha value is -1.27. The number of nitrogens with two attached hydrogens (primary N) is 1. The van der Waals surface area contributed by atoms with Crippen molar-refractivity contribution >= 4 is 5.69 Å². The molecule has 0 unspecified atom stereocenters. The Labute approximate surface area is 105 Å². The molecule has 1 aromatic rings. The first-order valence-corrected chi connectivity index (χ1v) is 5.77. The fourth-order valence-electron chi connectivity index (χ4n) is 1.62. The van der Waals surface area contributed by atoms with Crippen LogP contribution >= 0.6 is 0 Å². The lowest BCUT2D eigenvalue weighted by molar-refractivity contribution is -0.137. The van der Waals surface area contributed by atoms with E-state index >= 15 is 0 Å². The van der Waals surface area contributed by atoms with Crippen molar-refractivity contribution in [3.8, 4) is 0 Å². The van der Waals surface area contributed by atoms with Crippen LogP contribution in [0.25, 0.3) is 0 Å². The van der Waals surface area contributed by atoms with Crippen molar-refractivity contribution in [1.29, 1.82) is 0 Å². The molecule has 0 bridgehead atoms. The van der Waals surface area contributed by atoms with E-state index in [1.54, 1.807) is 13.1 Å². The van der Waals surface area contributed by atoms with Gasteiger partial charge in [0, 0.05) is 18.8 Å². The van der Waals surface area contributed by atoms with Crippen LogP contribution in [0, 0.1) is 0 Å². The van der Waals surface area contributed by atoms with Gasteiger partial charge < -0.3 is 16.4 Å². The van der Waals surface area contributed by atoms with E-state index in [9.17, 15) is 13.2 Å². The molecule has 0 atom stereocenters. The van der Waals surface area contributed by atoms with E-state index in [2.05, 4.69) is 10.6 Å². The second kappa shape index (κ2) is 6.61. The summed E-state index contributed by atoms with van der Waals surface area (Å²) in [5.41, 5.74) is 5.43. The van der Waals surface area contributed by atoms with Crippen LogP contribution in [0.3, 0.4) is 0 Å². The van der Waals surface area contributed by atoms with Crippen molar-refractivity contribution in [3.63, 3.8) is 0 Å². The van der Waals surface area contributed by atoms with Gasteiger partial charge in [0.05, 0.1) is 5.56 Å². The molecule has 0 saturated carbocycles. The topological polar surface area (TPSA) is 50.1 Å². The number of likely N-dealkylation sites (N-methyl/N-ethyl adjacent to an activating group) is 1. The van der Waals surface area contributed by atoms with E-state index in [1.165, 1.54) is 6.07 Å². The predicted molar refractivity (Wildman–Crippen MR) is 66.6 cm³/mol. The lowest BCUT2D eigenvalue weighted by Gasteiger charge is -2.16. The quantitative estimate of drug-likeness (QED) is 0.685. The molecular formula is C12H18F3N3. The number of alkyl halides is 3. The molecule has 0 aliphatic rings. The number of benzene rings is 1. The van der Waals surface area contributed by atoms with Crippen molar-refractivity contribution in [2.75, 3.05) is 32.0 Å². The Balaban J connectivity index is 2.94. The molecule has 0 spiro atoms. The molecule has 18 heavy (non-hydrogen) atoms. The van der Waals surface area contributed by atoms with E-state index in [4.69, 9.17) is 5.73 Å². The van der Waals surface area contributed by atoms with Gasteiger partial charge in [-0.15, -0.1) is 0 Å². The summed E-state index contributed by atoms with van der Waals surface area (Å²) < 4.78 is 38.7. The SMILES string of the molecule is CNCCNc1ccc(CCN)cc1C(F)(F)F. The minimum absolute atomic E-state index is 0.110. The molecule has 1 rings (SSSR count). The van der Waals surface area contributed by atoms with Gasteiger partial charge in [-0.3, -0.25) is 0 Å². The van der Waals surface area contributed by atoms with Crippen LogP contribution in [0.1, 0.15) is 11.1 Å². The van der Waals surface area contributed by atoms with E-state index < -0.39 is 11.7 Å². The Morgan fingerprint density at radius 3 is 2.50 bits per heavy atom. The zero-order valence-electron chi connectivity index (χ0n) is 10.3. The van der Waals surface area contributed by atoms with Crippen LogP contribution in [0.5, 0.6) is 0 Å². The second-order valence-electron chi connectivity index (χ2n) is 3.95. The maximum Gasteiger partial charge on any atom is 0.418 e. The second-order valence-corrected chi connectivity index (χ2v) is 3.95. The summed E-state index contributed by atoms with van der Waals surface area (Å²) >= 11 is 0. The zero-order chi connectivity index (χ0) is 13.6. The molecule has 4 N–H and O–H groups in total. The summed E-state index contributed by atoms with van der Waals surface area (Å²) in [7, 11) is 1.75. The molecule has 0 saturated heterocycles. The van der Waals surface area contributed by atoms with Crippen molar-refractivity contribution in [3.05, 3.63) is 29.3 Å². The smallest absolute Gasteiger partial charge is 0.383 e. The zero-order valence-corrected chi connectivity index (χ0v) is 10.3. The van der Waals surface area contributed by atoms with Crippen molar-refractivity contribution in [2.45, 2.75) is 12.6 Å². The molecule has 0 amide bonds. The molecule has 0 aliphatic carbocycles. The van der Waals surface area contributed by atoms with Gasteiger partial charge in [-0.25, -0.2) is 0 Å². The van der Waals surface area contributed by atoms with Gasteiger partial charge >= 0.3 is 6.18 Å². The summed E-state index contributed by atoms with van der Waals surface area (Å²) in [5, 5.41) is 5.64. The van der Waals surface area contributed by atoms with Gasteiger partial charge in [0.25, 0.3) is 0 Å². The fraction of sp³-hybridized carbons (Fsp3) is 0.500. The molecule has 0 aromatic heterocycles. The monoisotopic (exact) mass is 261 g/mol. The molecular weight excluding hydrogens is 243 g/mol. The minimum atomic E-state index is -4.35. The number of hydrogen-bond acceptors (Lipinski definition) is 3.